The van der Waals surface area contributed by atoms with Crippen molar-refractivity contribution in [2.24, 2.45) is 0 Å². The first-order chi connectivity index (χ1) is 20.9. The molecule has 0 aliphatic carbocycles. The quantitative estimate of drug-likeness (QED) is 0.352. The van der Waals surface area contributed by atoms with Gasteiger partial charge in [-0.25, -0.2) is 4.79 Å². The monoisotopic (exact) mass is 596 g/mol. The average molecular weight is 597 g/mol. The predicted octanol–water partition coefficient (Wildman–Crippen LogP) is 2.47. The van der Waals surface area contributed by atoms with E-state index in [1.54, 1.807) is 13.8 Å². The highest BCUT2D eigenvalue weighted by molar-refractivity contribution is 5.88. The number of nitrogens with one attached hydrogen (secondary N) is 2. The van der Waals surface area contributed by atoms with E-state index >= 15 is 0 Å². The molecule has 2 saturated heterocycles. The van der Waals surface area contributed by atoms with Gasteiger partial charge in [-0.05, 0) is 57.2 Å². The third-order valence-corrected chi connectivity index (χ3v) is 7.78. The number of piperazine rings is 1. The van der Waals surface area contributed by atoms with Crippen LogP contribution in [-0.2, 0) is 25.5 Å². The molecule has 11 heteroatoms. The van der Waals surface area contributed by atoms with Crippen LogP contribution in [0.1, 0.15) is 38.7 Å². The van der Waals surface area contributed by atoms with Gasteiger partial charge in [-0.2, -0.15) is 0 Å². The number of hydrogen-bond donors (Lipinski definition) is 3. The van der Waals surface area contributed by atoms with Gasteiger partial charge in [0.15, 0.2) is 11.5 Å². The fraction of sp³-hybridized carbons (Fsp3) is 0.531. The Morgan fingerprint density at radius 1 is 1.05 bits per heavy atom. The van der Waals surface area contributed by atoms with Crippen LogP contribution in [0.3, 0.4) is 0 Å². The number of anilines is 1. The summed E-state index contributed by atoms with van der Waals surface area (Å²) in [7, 11) is 0. The molecule has 1 amide bonds. The number of amides is 1. The molecule has 43 heavy (non-hydrogen) atoms. The third kappa shape index (κ3) is 8.84. The normalized spacial score (nSPS) is 19.1. The molecule has 3 heterocycles. The molecule has 3 aliphatic heterocycles. The van der Waals surface area contributed by atoms with Crippen molar-refractivity contribution in [2.75, 3.05) is 57.4 Å². The number of fused-ring (bicyclic) bond motifs is 1. The summed E-state index contributed by atoms with van der Waals surface area (Å²) < 4.78 is 16.4. The summed E-state index contributed by atoms with van der Waals surface area (Å²) in [6.45, 7) is 9.51. The molecule has 3 N–H and O–H groups in total. The molecule has 0 spiro atoms. The van der Waals surface area contributed by atoms with Crippen LogP contribution in [0.4, 0.5) is 5.69 Å². The number of carboxylic acid groups (broad SMARTS) is 1. The number of aliphatic carboxylic acids is 1. The zero-order valence-corrected chi connectivity index (χ0v) is 25.1. The van der Waals surface area contributed by atoms with E-state index in [2.05, 4.69) is 21.6 Å². The second-order valence-electron chi connectivity index (χ2n) is 10.8. The Morgan fingerprint density at radius 3 is 2.51 bits per heavy atom. The Labute approximate surface area is 253 Å². The van der Waals surface area contributed by atoms with E-state index < -0.39 is 30.1 Å². The van der Waals surface area contributed by atoms with Crippen molar-refractivity contribution in [2.45, 2.75) is 57.7 Å². The number of carbonyl (C=O) groups excluding carboxylic acids is 2. The molecule has 3 aliphatic rings. The number of hydrogen-bond acceptors (Lipinski definition) is 9. The summed E-state index contributed by atoms with van der Waals surface area (Å²) >= 11 is 0. The fourth-order valence-corrected chi connectivity index (χ4v) is 5.59. The maximum Gasteiger partial charge on any atom is 0.326 e. The molecule has 0 saturated carbocycles. The first kappa shape index (κ1) is 32.1. The van der Waals surface area contributed by atoms with Crippen molar-refractivity contribution in [3.8, 4) is 11.5 Å². The lowest BCUT2D eigenvalue weighted by atomic mass is 10.0. The maximum atomic E-state index is 12.7. The highest BCUT2D eigenvalue weighted by Crippen LogP contribution is 2.39. The van der Waals surface area contributed by atoms with E-state index in [1.807, 2.05) is 42.5 Å². The van der Waals surface area contributed by atoms with Gasteiger partial charge in [-0.15, -0.1) is 0 Å². The second kappa shape index (κ2) is 16.1. The van der Waals surface area contributed by atoms with Crippen LogP contribution in [-0.4, -0.2) is 98.5 Å². The van der Waals surface area contributed by atoms with Gasteiger partial charge in [-0.3, -0.25) is 14.9 Å². The predicted molar refractivity (Wildman–Crippen MR) is 163 cm³/mol. The number of likely N-dealkylation sites (tertiary alicyclic amines) is 1. The molecule has 0 unspecified atom stereocenters. The zero-order valence-electron chi connectivity index (χ0n) is 25.1. The second-order valence-corrected chi connectivity index (χ2v) is 10.8. The molecule has 0 radical (unpaired) electrons. The van der Waals surface area contributed by atoms with E-state index in [0.717, 1.165) is 43.2 Å². The van der Waals surface area contributed by atoms with Crippen molar-refractivity contribution >= 4 is 23.5 Å². The zero-order chi connectivity index (χ0) is 30.6. The topological polar surface area (TPSA) is 130 Å². The number of esters is 1. The third-order valence-electron chi connectivity index (χ3n) is 7.78. The van der Waals surface area contributed by atoms with Crippen LogP contribution < -0.4 is 25.0 Å². The van der Waals surface area contributed by atoms with Gasteiger partial charge in [0.2, 0.25) is 5.91 Å². The Balaban J connectivity index is 0.000000222. The van der Waals surface area contributed by atoms with Crippen LogP contribution in [0.25, 0.3) is 0 Å². The SMILES string of the molecule is CCOC(=O)[C@H](CCc1ccccc1)N[C@@H](C)C(=O)N1CCC[C@H]1C(=O)O.c1cc2c(c(N3CCNCC3)c1)OCCO2. The Hall–Kier alpha value is -3.83. The summed E-state index contributed by atoms with van der Waals surface area (Å²) in [6, 6.07) is 13.8. The van der Waals surface area contributed by atoms with Crippen molar-refractivity contribution in [3.05, 3.63) is 54.1 Å². The molecular formula is C32H44N4O7. The van der Waals surface area contributed by atoms with Gasteiger partial charge in [0.05, 0.1) is 18.3 Å². The lowest BCUT2D eigenvalue weighted by molar-refractivity contribution is -0.150. The summed E-state index contributed by atoms with van der Waals surface area (Å²) in [5.41, 5.74) is 2.26. The Bertz CT molecular complexity index is 1210. The highest BCUT2D eigenvalue weighted by atomic mass is 16.6. The molecule has 2 aromatic carbocycles. The number of para-hydroxylation sites is 1. The molecular weight excluding hydrogens is 552 g/mol. The number of rotatable bonds is 10. The lowest BCUT2D eigenvalue weighted by Gasteiger charge is -2.32. The van der Waals surface area contributed by atoms with Gasteiger partial charge in [0.1, 0.15) is 25.3 Å². The van der Waals surface area contributed by atoms with Crippen molar-refractivity contribution < 1.29 is 33.7 Å². The standard InChI is InChI=1S/C20H28N2O5.C12H16N2O2/c1-3-27-20(26)16(12-11-15-8-5-4-6-9-15)21-14(2)18(23)22-13-7-10-17(22)19(24)25;1-2-10(14-6-4-13-5-7-14)12-11(3-1)15-8-9-16-12/h4-6,8-9,14,16-17,21H,3,7,10-13H2,1-2H3,(H,24,25);1-3,13H,4-9H2/t14-,16-,17-;/m0./s1. The summed E-state index contributed by atoms with van der Waals surface area (Å²) in [6.07, 6.45) is 2.29. The maximum absolute atomic E-state index is 12.7. The number of nitrogens with zero attached hydrogens (tertiary/aromatic N) is 2. The van der Waals surface area contributed by atoms with Gasteiger partial charge >= 0.3 is 11.9 Å². The number of carbonyl (C=O) groups is 3. The van der Waals surface area contributed by atoms with Crippen LogP contribution in [0.2, 0.25) is 0 Å². The minimum absolute atomic E-state index is 0.262. The van der Waals surface area contributed by atoms with E-state index in [9.17, 15) is 19.5 Å². The van der Waals surface area contributed by atoms with E-state index in [-0.39, 0.29) is 12.5 Å². The summed E-state index contributed by atoms with van der Waals surface area (Å²) in [5.74, 6) is 0.107. The molecule has 5 rings (SSSR count). The molecule has 2 fully saturated rings. The Morgan fingerprint density at radius 2 is 1.79 bits per heavy atom. The van der Waals surface area contributed by atoms with Crippen LogP contribution >= 0.6 is 0 Å². The average Bonchev–Trinajstić information content (AvgIpc) is 3.54. The van der Waals surface area contributed by atoms with E-state index in [1.165, 1.54) is 10.6 Å². The van der Waals surface area contributed by atoms with Crippen molar-refractivity contribution in [3.63, 3.8) is 0 Å². The van der Waals surface area contributed by atoms with Gasteiger partial charge in [0.25, 0.3) is 0 Å². The van der Waals surface area contributed by atoms with Crippen LogP contribution in [0.5, 0.6) is 11.5 Å². The highest BCUT2D eigenvalue weighted by Gasteiger charge is 2.37. The molecule has 0 bridgehead atoms. The van der Waals surface area contributed by atoms with Crippen molar-refractivity contribution in [1.82, 2.24) is 15.5 Å². The first-order valence-electron chi connectivity index (χ1n) is 15.2. The molecule has 0 aromatic heterocycles. The fourth-order valence-electron chi connectivity index (χ4n) is 5.59. The minimum Gasteiger partial charge on any atom is -0.486 e. The molecule has 2 aromatic rings. The van der Waals surface area contributed by atoms with Crippen LogP contribution in [0.15, 0.2) is 48.5 Å². The summed E-state index contributed by atoms with van der Waals surface area (Å²) in [5, 5.41) is 15.7. The summed E-state index contributed by atoms with van der Waals surface area (Å²) in [4.78, 5) is 40.1. The minimum atomic E-state index is -0.987. The number of benzene rings is 2. The van der Waals surface area contributed by atoms with Gasteiger partial charge in [0, 0.05) is 32.7 Å². The smallest absolute Gasteiger partial charge is 0.326 e. The van der Waals surface area contributed by atoms with Gasteiger partial charge in [-0.1, -0.05) is 36.4 Å². The number of ether oxygens (including phenoxy) is 3. The molecule has 11 nitrogen and oxygen atoms in total. The van der Waals surface area contributed by atoms with E-state index in [0.29, 0.717) is 45.4 Å². The Kier molecular flexibility index (Phi) is 12.0. The first-order valence-corrected chi connectivity index (χ1v) is 15.2. The van der Waals surface area contributed by atoms with E-state index in [4.69, 9.17) is 14.2 Å². The lowest BCUT2D eigenvalue weighted by Crippen LogP contribution is -2.53. The van der Waals surface area contributed by atoms with Crippen molar-refractivity contribution in [1.29, 1.82) is 0 Å². The molecule has 234 valence electrons. The number of carboxylic acids is 1. The van der Waals surface area contributed by atoms with Crippen LogP contribution in [0, 0.1) is 0 Å². The molecule has 3 atom stereocenters. The number of aryl methyl sites for hydroxylation is 1. The largest absolute Gasteiger partial charge is 0.486 e. The van der Waals surface area contributed by atoms with Gasteiger partial charge < -0.3 is 34.4 Å².